The van der Waals surface area contributed by atoms with E-state index in [2.05, 4.69) is 11.0 Å². The van der Waals surface area contributed by atoms with Gasteiger partial charge in [-0.25, -0.2) is 13.4 Å². The summed E-state index contributed by atoms with van der Waals surface area (Å²) in [6.45, 7) is 3.42. The van der Waals surface area contributed by atoms with Gasteiger partial charge in [0.15, 0.2) is 5.13 Å². The molecule has 1 aliphatic rings. The Labute approximate surface area is 218 Å². The normalized spacial score (nSPS) is 15.2. The first-order chi connectivity index (χ1) is 17.2. The maximum atomic E-state index is 13.6. The molecule has 1 heterocycles. The minimum atomic E-state index is -3.61. The van der Waals surface area contributed by atoms with Crippen LogP contribution in [-0.4, -0.2) is 68.8 Å². The van der Waals surface area contributed by atoms with E-state index < -0.39 is 10.0 Å². The molecule has 1 aromatic heterocycles. The fraction of sp³-hybridized carbons (Fsp3) is 0.481. The van der Waals surface area contributed by atoms with E-state index in [1.807, 2.05) is 33.2 Å². The van der Waals surface area contributed by atoms with Crippen LogP contribution in [0.5, 0.6) is 0 Å². The van der Waals surface area contributed by atoms with Gasteiger partial charge >= 0.3 is 0 Å². The second kappa shape index (κ2) is 11.4. The molecule has 0 aliphatic heterocycles. The van der Waals surface area contributed by atoms with Crippen LogP contribution in [0.4, 0.5) is 5.13 Å². The van der Waals surface area contributed by atoms with E-state index >= 15 is 0 Å². The summed E-state index contributed by atoms with van der Waals surface area (Å²) in [5.41, 5.74) is 2.48. The fourth-order valence-electron chi connectivity index (χ4n) is 4.70. The van der Waals surface area contributed by atoms with Crippen LogP contribution in [0.15, 0.2) is 47.4 Å². The number of nitrogens with zero attached hydrogens (tertiary/aromatic N) is 4. The van der Waals surface area contributed by atoms with Gasteiger partial charge in [-0.05, 0) is 88.8 Å². The van der Waals surface area contributed by atoms with Gasteiger partial charge in [-0.2, -0.15) is 4.31 Å². The number of anilines is 1. The lowest BCUT2D eigenvalue weighted by atomic mass is 9.96. The standard InChI is InChI=1S/C27H36N4O3S2/c1-20-11-16-24-25(19-20)35-27(28-24)31(18-8-17-29(2)3)26(32)21-12-14-23(15-13-21)36(33,34)30(4)22-9-6-5-7-10-22/h11-16,19,22H,5-10,17-18H2,1-4H3. The molecule has 0 spiro atoms. The topological polar surface area (TPSA) is 73.8 Å². The Morgan fingerprint density at radius 2 is 1.69 bits per heavy atom. The minimum absolute atomic E-state index is 0.0416. The molecular formula is C27H36N4O3S2. The van der Waals surface area contributed by atoms with Crippen molar-refractivity contribution in [3.8, 4) is 0 Å². The van der Waals surface area contributed by atoms with Crippen LogP contribution >= 0.6 is 11.3 Å². The van der Waals surface area contributed by atoms with Crippen LogP contribution in [0, 0.1) is 6.92 Å². The molecule has 1 amide bonds. The number of thiazole rings is 1. The first-order valence-corrected chi connectivity index (χ1v) is 14.8. The van der Waals surface area contributed by atoms with E-state index in [4.69, 9.17) is 4.98 Å². The van der Waals surface area contributed by atoms with E-state index in [9.17, 15) is 13.2 Å². The van der Waals surface area contributed by atoms with Gasteiger partial charge in [0.25, 0.3) is 5.91 Å². The van der Waals surface area contributed by atoms with E-state index in [1.54, 1.807) is 36.2 Å². The smallest absolute Gasteiger partial charge is 0.260 e. The zero-order valence-corrected chi connectivity index (χ0v) is 23.2. The van der Waals surface area contributed by atoms with Crippen LogP contribution in [0.2, 0.25) is 0 Å². The van der Waals surface area contributed by atoms with Crippen LogP contribution in [0.25, 0.3) is 10.2 Å². The fourth-order valence-corrected chi connectivity index (χ4v) is 7.20. The molecule has 7 nitrogen and oxygen atoms in total. The third kappa shape index (κ3) is 5.96. The molecule has 194 valence electrons. The summed E-state index contributed by atoms with van der Waals surface area (Å²) >= 11 is 1.51. The quantitative estimate of drug-likeness (QED) is 0.384. The molecule has 0 N–H and O–H groups in total. The van der Waals surface area contributed by atoms with Gasteiger partial charge in [0.2, 0.25) is 10.0 Å². The zero-order valence-electron chi connectivity index (χ0n) is 21.6. The lowest BCUT2D eigenvalue weighted by Gasteiger charge is -2.30. The summed E-state index contributed by atoms with van der Waals surface area (Å²) in [6.07, 6.45) is 5.89. The number of rotatable bonds is 9. The lowest BCUT2D eigenvalue weighted by Crippen LogP contribution is -2.38. The second-order valence-electron chi connectivity index (χ2n) is 9.92. The molecule has 4 rings (SSSR count). The molecule has 9 heteroatoms. The molecule has 0 unspecified atom stereocenters. The maximum absolute atomic E-state index is 13.6. The SMILES string of the molecule is Cc1ccc2nc(N(CCCN(C)C)C(=O)c3ccc(S(=O)(=O)N(C)C4CCCCC4)cc3)sc2c1. The first kappa shape index (κ1) is 26.7. The molecule has 1 saturated carbocycles. The Balaban J connectivity index is 1.58. The number of amides is 1. The summed E-state index contributed by atoms with van der Waals surface area (Å²) in [5, 5.41) is 0.660. The number of carbonyl (C=O) groups is 1. The Morgan fingerprint density at radius 3 is 2.36 bits per heavy atom. The molecule has 0 radical (unpaired) electrons. The highest BCUT2D eigenvalue weighted by molar-refractivity contribution is 7.89. The molecule has 0 saturated heterocycles. The predicted molar refractivity (Wildman–Crippen MR) is 147 cm³/mol. The average molecular weight is 529 g/mol. The number of sulfonamides is 1. The van der Waals surface area contributed by atoms with Gasteiger partial charge in [-0.3, -0.25) is 9.69 Å². The minimum Gasteiger partial charge on any atom is -0.309 e. The van der Waals surface area contributed by atoms with Gasteiger partial charge < -0.3 is 4.90 Å². The third-order valence-electron chi connectivity index (χ3n) is 6.86. The van der Waals surface area contributed by atoms with Crippen molar-refractivity contribution in [2.45, 2.75) is 56.4 Å². The van der Waals surface area contributed by atoms with E-state index in [0.29, 0.717) is 17.2 Å². The second-order valence-corrected chi connectivity index (χ2v) is 12.9. The first-order valence-electron chi connectivity index (χ1n) is 12.6. The van der Waals surface area contributed by atoms with Crippen molar-refractivity contribution in [1.82, 2.24) is 14.2 Å². The van der Waals surface area contributed by atoms with Gasteiger partial charge in [0, 0.05) is 25.2 Å². The van der Waals surface area contributed by atoms with Gasteiger partial charge in [-0.15, -0.1) is 0 Å². The highest BCUT2D eigenvalue weighted by Gasteiger charge is 2.29. The molecular weight excluding hydrogens is 492 g/mol. The Kier molecular flexibility index (Phi) is 8.44. The number of hydrogen-bond donors (Lipinski definition) is 0. The summed E-state index contributed by atoms with van der Waals surface area (Å²) in [4.78, 5) is 22.4. The van der Waals surface area contributed by atoms with Gasteiger partial charge in [0.05, 0.1) is 15.1 Å². The van der Waals surface area contributed by atoms with Crippen molar-refractivity contribution >= 4 is 42.6 Å². The molecule has 1 fully saturated rings. The highest BCUT2D eigenvalue weighted by Crippen LogP contribution is 2.31. The zero-order chi connectivity index (χ0) is 25.9. The van der Waals surface area contributed by atoms with E-state index in [1.165, 1.54) is 22.1 Å². The lowest BCUT2D eigenvalue weighted by molar-refractivity contribution is 0.0986. The molecule has 0 bridgehead atoms. The molecule has 0 atom stereocenters. The summed E-state index contributed by atoms with van der Waals surface area (Å²) < 4.78 is 29.0. The summed E-state index contributed by atoms with van der Waals surface area (Å²) in [5.74, 6) is -0.172. The molecule has 1 aliphatic carbocycles. The van der Waals surface area contributed by atoms with E-state index in [-0.39, 0.29) is 16.8 Å². The Morgan fingerprint density at radius 1 is 1.00 bits per heavy atom. The molecule has 3 aromatic rings. The largest absolute Gasteiger partial charge is 0.309 e. The number of aromatic nitrogens is 1. The highest BCUT2D eigenvalue weighted by atomic mass is 32.2. The van der Waals surface area contributed by atoms with Crippen LogP contribution in [0.3, 0.4) is 0 Å². The summed E-state index contributed by atoms with van der Waals surface area (Å²) in [7, 11) is 2.09. The number of carbonyl (C=O) groups excluding carboxylic acids is 1. The Bertz CT molecular complexity index is 1300. The van der Waals surface area contributed by atoms with Crippen LogP contribution < -0.4 is 4.90 Å². The Hall–Kier alpha value is -2.33. The van der Waals surface area contributed by atoms with Crippen molar-refractivity contribution in [3.05, 3.63) is 53.6 Å². The molecule has 2 aromatic carbocycles. The third-order valence-corrected chi connectivity index (χ3v) is 9.83. The number of hydrogen-bond acceptors (Lipinski definition) is 6. The number of aryl methyl sites for hydroxylation is 1. The van der Waals surface area contributed by atoms with Crippen molar-refractivity contribution < 1.29 is 13.2 Å². The predicted octanol–water partition coefficient (Wildman–Crippen LogP) is 5.16. The van der Waals surface area contributed by atoms with Gasteiger partial charge in [0.1, 0.15) is 0 Å². The molecule has 36 heavy (non-hydrogen) atoms. The maximum Gasteiger partial charge on any atom is 0.260 e. The van der Waals surface area contributed by atoms with Crippen molar-refractivity contribution in [3.63, 3.8) is 0 Å². The van der Waals surface area contributed by atoms with Crippen LogP contribution in [-0.2, 0) is 10.0 Å². The number of benzene rings is 2. The summed E-state index contributed by atoms with van der Waals surface area (Å²) in [6, 6.07) is 12.5. The van der Waals surface area contributed by atoms with Crippen molar-refractivity contribution in [2.24, 2.45) is 0 Å². The van der Waals surface area contributed by atoms with E-state index in [0.717, 1.165) is 54.4 Å². The van der Waals surface area contributed by atoms with Crippen LogP contribution in [0.1, 0.15) is 54.4 Å². The number of fused-ring (bicyclic) bond motifs is 1. The van der Waals surface area contributed by atoms with Gasteiger partial charge in [-0.1, -0.05) is 36.7 Å². The average Bonchev–Trinajstić information content (AvgIpc) is 3.29. The van der Waals surface area contributed by atoms with Crippen molar-refractivity contribution in [1.29, 1.82) is 0 Å². The van der Waals surface area contributed by atoms with Crippen molar-refractivity contribution in [2.75, 3.05) is 39.1 Å². The monoisotopic (exact) mass is 528 g/mol.